The number of halogens is 1. The van der Waals surface area contributed by atoms with Gasteiger partial charge in [0.15, 0.2) is 12.4 Å². The molecule has 1 heterocycles. The minimum atomic E-state index is -0.538. The largest absolute Gasteiger partial charge is 1.00 e. The monoisotopic (exact) mass is 265 g/mol. The Hall–Kier alpha value is -2.34. The first-order chi connectivity index (χ1) is 8.22. The van der Waals surface area contributed by atoms with Crippen molar-refractivity contribution < 1.29 is 21.9 Å². The summed E-state index contributed by atoms with van der Waals surface area (Å²) in [6.07, 6.45) is 3.38. The fraction of sp³-hybridized carbons (Fsp3) is 0. The van der Waals surface area contributed by atoms with Gasteiger partial charge < -0.3 is 12.4 Å². The van der Waals surface area contributed by atoms with E-state index in [1.807, 2.05) is 6.07 Å². The average molecular weight is 266 g/mol. The number of pyridine rings is 1. The molecule has 0 bridgehead atoms. The van der Waals surface area contributed by atoms with Gasteiger partial charge in [-0.1, -0.05) is 6.07 Å². The molecule has 0 saturated heterocycles. The highest BCUT2D eigenvalue weighted by atomic mass is 35.5. The standard InChI is InChI=1S/C11H8N3O3.ClH/c15-12-9-4-5-10(11(8-9)14(16)17)13-6-2-1-3-7-13;/h1-8H;1H/q+1;/p-1. The topological polar surface area (TPSA) is 76.5 Å². The molecule has 7 heteroatoms. The van der Waals surface area contributed by atoms with Gasteiger partial charge in [-0.3, -0.25) is 10.1 Å². The molecule has 1 aromatic heterocycles. The van der Waals surface area contributed by atoms with E-state index in [4.69, 9.17) is 0 Å². The molecule has 0 amide bonds. The van der Waals surface area contributed by atoms with Gasteiger partial charge in [0.05, 0.1) is 11.0 Å². The van der Waals surface area contributed by atoms with Crippen LogP contribution in [0.2, 0.25) is 0 Å². The number of aromatic nitrogens is 1. The Balaban J connectivity index is 0.00000162. The van der Waals surface area contributed by atoms with Crippen molar-refractivity contribution in [3.63, 3.8) is 0 Å². The molecule has 2 rings (SSSR count). The molecular weight excluding hydrogens is 258 g/mol. The van der Waals surface area contributed by atoms with Crippen molar-refractivity contribution in [1.29, 1.82) is 0 Å². The van der Waals surface area contributed by atoms with Crippen molar-refractivity contribution >= 4 is 11.4 Å². The van der Waals surface area contributed by atoms with Crippen molar-refractivity contribution in [2.75, 3.05) is 0 Å². The number of nitro groups is 1. The molecule has 0 unspecified atom stereocenters. The second-order valence-corrected chi connectivity index (χ2v) is 3.30. The molecule has 0 N–H and O–H groups in total. The van der Waals surface area contributed by atoms with Crippen LogP contribution in [0.4, 0.5) is 11.4 Å². The Labute approximate surface area is 108 Å². The number of nitroso groups, excluding NO2 is 1. The third kappa shape index (κ3) is 2.67. The molecule has 6 nitrogen and oxygen atoms in total. The normalized spacial score (nSPS) is 9.33. The summed E-state index contributed by atoms with van der Waals surface area (Å²) in [5, 5.41) is 13.6. The Morgan fingerprint density at radius 3 is 2.39 bits per heavy atom. The third-order valence-electron chi connectivity index (χ3n) is 2.25. The van der Waals surface area contributed by atoms with Crippen LogP contribution in [0.5, 0.6) is 0 Å². The van der Waals surface area contributed by atoms with Gasteiger partial charge in [0.25, 0.3) is 5.69 Å². The summed E-state index contributed by atoms with van der Waals surface area (Å²) in [5.74, 6) is 0. The zero-order valence-electron chi connectivity index (χ0n) is 9.06. The summed E-state index contributed by atoms with van der Waals surface area (Å²) in [7, 11) is 0. The molecule has 2 aromatic rings. The fourth-order valence-electron chi connectivity index (χ4n) is 1.49. The quantitative estimate of drug-likeness (QED) is 0.318. The fourth-order valence-corrected chi connectivity index (χ4v) is 1.49. The number of hydrogen-bond donors (Lipinski definition) is 0. The number of hydrogen-bond acceptors (Lipinski definition) is 4. The van der Waals surface area contributed by atoms with E-state index in [9.17, 15) is 15.0 Å². The molecule has 1 aromatic carbocycles. The van der Waals surface area contributed by atoms with Crippen LogP contribution in [0.3, 0.4) is 0 Å². The average Bonchev–Trinajstić information content (AvgIpc) is 2.39. The Bertz CT molecular complexity index is 575. The van der Waals surface area contributed by atoms with Gasteiger partial charge in [-0.15, -0.1) is 4.91 Å². The smallest absolute Gasteiger partial charge is 0.342 e. The Morgan fingerprint density at radius 2 is 1.83 bits per heavy atom. The second-order valence-electron chi connectivity index (χ2n) is 3.30. The Kier molecular flexibility index (Phi) is 4.45. The molecule has 0 saturated carbocycles. The first-order valence-corrected chi connectivity index (χ1v) is 4.81. The van der Waals surface area contributed by atoms with Crippen molar-refractivity contribution in [2.24, 2.45) is 5.18 Å². The molecule has 0 radical (unpaired) electrons. The van der Waals surface area contributed by atoms with Gasteiger partial charge in [0, 0.05) is 18.2 Å². The van der Waals surface area contributed by atoms with E-state index < -0.39 is 4.92 Å². The predicted octanol–water partition coefficient (Wildman–Crippen LogP) is -0.727. The van der Waals surface area contributed by atoms with Crippen LogP contribution < -0.4 is 17.0 Å². The Morgan fingerprint density at radius 1 is 1.17 bits per heavy atom. The van der Waals surface area contributed by atoms with E-state index in [1.165, 1.54) is 12.1 Å². The lowest BCUT2D eigenvalue weighted by Gasteiger charge is -1.97. The maximum atomic E-state index is 10.9. The highest BCUT2D eigenvalue weighted by Crippen LogP contribution is 2.24. The summed E-state index contributed by atoms with van der Waals surface area (Å²) >= 11 is 0. The van der Waals surface area contributed by atoms with Crippen LogP contribution in [0.25, 0.3) is 5.69 Å². The number of nitrogens with zero attached hydrogens (tertiary/aromatic N) is 3. The van der Waals surface area contributed by atoms with Gasteiger partial charge in [0.1, 0.15) is 5.69 Å². The minimum absolute atomic E-state index is 0. The van der Waals surface area contributed by atoms with E-state index in [-0.39, 0.29) is 23.8 Å². The molecule has 92 valence electrons. The van der Waals surface area contributed by atoms with Crippen molar-refractivity contribution in [2.45, 2.75) is 0 Å². The van der Waals surface area contributed by atoms with Crippen LogP contribution in [0, 0.1) is 15.0 Å². The molecule has 18 heavy (non-hydrogen) atoms. The molecule has 0 aliphatic heterocycles. The maximum Gasteiger partial charge on any atom is 0.342 e. The molecule has 0 aliphatic rings. The summed E-state index contributed by atoms with van der Waals surface area (Å²) in [4.78, 5) is 20.7. The summed E-state index contributed by atoms with van der Waals surface area (Å²) in [5.41, 5.74) is 0.276. The third-order valence-corrected chi connectivity index (χ3v) is 2.25. The van der Waals surface area contributed by atoms with Crippen LogP contribution in [-0.2, 0) is 0 Å². The first kappa shape index (κ1) is 13.7. The lowest BCUT2D eigenvalue weighted by atomic mass is 10.2. The van der Waals surface area contributed by atoms with E-state index in [1.54, 1.807) is 29.1 Å². The van der Waals surface area contributed by atoms with Crippen molar-refractivity contribution in [1.82, 2.24) is 0 Å². The van der Waals surface area contributed by atoms with Gasteiger partial charge in [-0.2, -0.15) is 4.57 Å². The molecule has 0 spiro atoms. The van der Waals surface area contributed by atoms with Gasteiger partial charge in [-0.05, 0) is 11.2 Å². The van der Waals surface area contributed by atoms with Crippen LogP contribution in [-0.4, -0.2) is 4.92 Å². The number of nitro benzene ring substituents is 1. The summed E-state index contributed by atoms with van der Waals surface area (Å²) in [6.45, 7) is 0. The zero-order valence-corrected chi connectivity index (χ0v) is 9.82. The SMILES string of the molecule is O=Nc1ccc(-[n+]2ccccc2)c([N+](=O)[O-])c1.[Cl-]. The summed E-state index contributed by atoms with van der Waals surface area (Å²) < 4.78 is 1.60. The lowest BCUT2D eigenvalue weighted by Crippen LogP contribution is -3.00. The van der Waals surface area contributed by atoms with Gasteiger partial charge in [-0.25, -0.2) is 0 Å². The summed E-state index contributed by atoms with van der Waals surface area (Å²) in [6, 6.07) is 9.42. The number of rotatable bonds is 3. The van der Waals surface area contributed by atoms with Gasteiger partial charge in [0.2, 0.25) is 0 Å². The lowest BCUT2D eigenvalue weighted by molar-refractivity contribution is -0.600. The zero-order chi connectivity index (χ0) is 12.3. The molecular formula is C11H8ClN3O3. The minimum Gasteiger partial charge on any atom is -1.00 e. The first-order valence-electron chi connectivity index (χ1n) is 4.81. The van der Waals surface area contributed by atoms with E-state index in [0.29, 0.717) is 5.69 Å². The van der Waals surface area contributed by atoms with Crippen molar-refractivity contribution in [3.8, 4) is 5.69 Å². The van der Waals surface area contributed by atoms with E-state index in [0.717, 1.165) is 6.07 Å². The van der Waals surface area contributed by atoms with Crippen LogP contribution in [0.15, 0.2) is 54.0 Å². The maximum absolute atomic E-state index is 10.9. The highest BCUT2D eigenvalue weighted by molar-refractivity contribution is 5.55. The molecule has 0 atom stereocenters. The van der Waals surface area contributed by atoms with Crippen LogP contribution in [0.1, 0.15) is 0 Å². The number of benzene rings is 1. The van der Waals surface area contributed by atoms with Crippen molar-refractivity contribution in [3.05, 3.63) is 63.8 Å². The predicted molar refractivity (Wildman–Crippen MR) is 60.1 cm³/mol. The van der Waals surface area contributed by atoms with Crippen LogP contribution >= 0.6 is 0 Å². The highest BCUT2D eigenvalue weighted by Gasteiger charge is 2.22. The second kappa shape index (κ2) is 5.83. The molecule has 0 aliphatic carbocycles. The van der Waals surface area contributed by atoms with Gasteiger partial charge >= 0.3 is 5.69 Å². The van der Waals surface area contributed by atoms with E-state index in [2.05, 4.69) is 5.18 Å². The van der Waals surface area contributed by atoms with E-state index >= 15 is 0 Å². The molecule has 0 fully saturated rings.